The summed E-state index contributed by atoms with van der Waals surface area (Å²) in [7, 11) is 0. The normalized spacial score (nSPS) is 16.1. The summed E-state index contributed by atoms with van der Waals surface area (Å²) in [5.74, 6) is 0.399. The van der Waals surface area contributed by atoms with Crippen molar-refractivity contribution in [3.63, 3.8) is 0 Å². The van der Waals surface area contributed by atoms with Crippen LogP contribution in [0.1, 0.15) is 48.4 Å². The molecule has 9 nitrogen and oxygen atoms in total. The van der Waals surface area contributed by atoms with E-state index in [0.29, 0.717) is 53.8 Å². The van der Waals surface area contributed by atoms with Crippen molar-refractivity contribution in [3.8, 4) is 5.75 Å². The average Bonchev–Trinajstić information content (AvgIpc) is 3.57. The fraction of sp³-hybridized carbons (Fsp3) is 0.385. The van der Waals surface area contributed by atoms with Gasteiger partial charge in [-0.05, 0) is 50.5 Å². The van der Waals surface area contributed by atoms with Gasteiger partial charge in [0, 0.05) is 30.5 Å². The zero-order valence-electron chi connectivity index (χ0n) is 19.8. The molecule has 2 aliphatic rings. The second-order valence-electron chi connectivity index (χ2n) is 9.49. The van der Waals surface area contributed by atoms with Crippen LogP contribution in [0, 0.1) is 6.92 Å². The van der Waals surface area contributed by atoms with Crippen molar-refractivity contribution < 1.29 is 9.53 Å². The summed E-state index contributed by atoms with van der Waals surface area (Å²) in [6.45, 7) is 5.39. The number of fused-ring (bicyclic) bond motifs is 2. The standard InChI is InChI=1S/C26H27N5O4/c1-3-9-29-21(13-20-24(29)27-22-6-4-5-10-30(22)25(20)33)26(34)28-14-19(15-28)35-18-11-16(2)31(17-7-8-17)23(32)12-18/h4-6,10-13,17,19H,3,7-9,14-15H2,1-2H3. The number of carbonyl (C=O) groups is 1. The second-order valence-corrected chi connectivity index (χ2v) is 9.49. The molecular formula is C26H27N5O4. The Hall–Kier alpha value is -3.88. The molecule has 1 amide bonds. The topological polar surface area (TPSA) is 90.8 Å². The number of ether oxygens (including phenoxy) is 1. The lowest BCUT2D eigenvalue weighted by molar-refractivity contribution is 0.0169. The summed E-state index contributed by atoms with van der Waals surface area (Å²) in [5, 5.41) is 0.436. The zero-order chi connectivity index (χ0) is 24.3. The van der Waals surface area contributed by atoms with E-state index in [0.717, 1.165) is 25.0 Å². The van der Waals surface area contributed by atoms with Gasteiger partial charge in [-0.2, -0.15) is 0 Å². The van der Waals surface area contributed by atoms with Crippen LogP contribution in [0.5, 0.6) is 5.75 Å². The summed E-state index contributed by atoms with van der Waals surface area (Å²) in [4.78, 5) is 45.3. The molecule has 4 aromatic heterocycles. The Morgan fingerprint density at radius 2 is 1.94 bits per heavy atom. The molecule has 1 saturated carbocycles. The van der Waals surface area contributed by atoms with Gasteiger partial charge in [-0.15, -0.1) is 0 Å². The Labute approximate surface area is 201 Å². The molecule has 0 unspecified atom stereocenters. The number of amides is 1. The van der Waals surface area contributed by atoms with Crippen molar-refractivity contribution >= 4 is 22.6 Å². The molecular weight excluding hydrogens is 446 g/mol. The highest BCUT2D eigenvalue weighted by Crippen LogP contribution is 2.35. The first-order chi connectivity index (χ1) is 16.9. The van der Waals surface area contributed by atoms with E-state index in [1.54, 1.807) is 35.4 Å². The molecule has 0 aromatic carbocycles. The summed E-state index contributed by atoms with van der Waals surface area (Å²) < 4.78 is 11.2. The quantitative estimate of drug-likeness (QED) is 0.430. The van der Waals surface area contributed by atoms with Gasteiger partial charge in [0.1, 0.15) is 28.8 Å². The molecule has 4 aromatic rings. The van der Waals surface area contributed by atoms with Crippen molar-refractivity contribution in [1.29, 1.82) is 0 Å². The predicted molar refractivity (Wildman–Crippen MR) is 131 cm³/mol. The van der Waals surface area contributed by atoms with Crippen molar-refractivity contribution in [2.45, 2.75) is 51.8 Å². The van der Waals surface area contributed by atoms with Crippen LogP contribution in [0.3, 0.4) is 0 Å². The molecule has 180 valence electrons. The van der Waals surface area contributed by atoms with E-state index in [1.165, 1.54) is 4.40 Å². The van der Waals surface area contributed by atoms with E-state index >= 15 is 0 Å². The zero-order valence-corrected chi connectivity index (χ0v) is 19.8. The van der Waals surface area contributed by atoms with Gasteiger partial charge in [-0.25, -0.2) is 4.98 Å². The van der Waals surface area contributed by atoms with Gasteiger partial charge in [-0.3, -0.25) is 18.8 Å². The highest BCUT2D eigenvalue weighted by atomic mass is 16.5. The monoisotopic (exact) mass is 473 g/mol. The van der Waals surface area contributed by atoms with Gasteiger partial charge < -0.3 is 18.8 Å². The van der Waals surface area contributed by atoms with E-state index in [-0.39, 0.29) is 23.1 Å². The number of hydrogen-bond acceptors (Lipinski definition) is 5. The molecule has 0 spiro atoms. The molecule has 6 rings (SSSR count). The summed E-state index contributed by atoms with van der Waals surface area (Å²) in [6.07, 6.45) is 4.41. The van der Waals surface area contributed by atoms with Crippen molar-refractivity contribution in [3.05, 3.63) is 74.7 Å². The lowest BCUT2D eigenvalue weighted by Crippen LogP contribution is -2.56. The highest BCUT2D eigenvalue weighted by Gasteiger charge is 2.35. The second kappa shape index (κ2) is 8.11. The van der Waals surface area contributed by atoms with Crippen LogP contribution in [-0.4, -0.2) is 48.5 Å². The lowest BCUT2D eigenvalue weighted by atomic mass is 10.1. The molecule has 0 bridgehead atoms. The largest absolute Gasteiger partial charge is 0.486 e. The van der Waals surface area contributed by atoms with Gasteiger partial charge in [0.05, 0.1) is 18.5 Å². The molecule has 35 heavy (non-hydrogen) atoms. The maximum atomic E-state index is 13.4. The van der Waals surface area contributed by atoms with E-state index < -0.39 is 0 Å². The van der Waals surface area contributed by atoms with Crippen molar-refractivity contribution in [1.82, 2.24) is 23.4 Å². The Kier molecular flexibility index (Phi) is 5.01. The Morgan fingerprint density at radius 1 is 1.14 bits per heavy atom. The molecule has 5 heterocycles. The highest BCUT2D eigenvalue weighted by molar-refractivity contribution is 5.98. The van der Waals surface area contributed by atoms with E-state index in [4.69, 9.17) is 4.74 Å². The van der Waals surface area contributed by atoms with Gasteiger partial charge in [0.25, 0.3) is 17.0 Å². The lowest BCUT2D eigenvalue weighted by Gasteiger charge is -2.39. The Morgan fingerprint density at radius 3 is 2.66 bits per heavy atom. The maximum Gasteiger partial charge on any atom is 0.270 e. The van der Waals surface area contributed by atoms with Gasteiger partial charge in [0.15, 0.2) is 0 Å². The molecule has 1 aliphatic carbocycles. The maximum absolute atomic E-state index is 13.4. The number of rotatable bonds is 6. The summed E-state index contributed by atoms with van der Waals surface area (Å²) in [5.41, 5.74) is 2.23. The van der Waals surface area contributed by atoms with Crippen LogP contribution < -0.4 is 15.9 Å². The summed E-state index contributed by atoms with van der Waals surface area (Å²) >= 11 is 0. The number of carbonyl (C=O) groups excluding carboxylic acids is 1. The number of pyridine rings is 2. The third-order valence-corrected chi connectivity index (χ3v) is 6.83. The number of hydrogen-bond donors (Lipinski definition) is 0. The van der Waals surface area contributed by atoms with Crippen LogP contribution in [0.4, 0.5) is 0 Å². The number of nitrogens with zero attached hydrogens (tertiary/aromatic N) is 5. The third kappa shape index (κ3) is 3.62. The van der Waals surface area contributed by atoms with Crippen LogP contribution in [-0.2, 0) is 6.54 Å². The van der Waals surface area contributed by atoms with Gasteiger partial charge in [0.2, 0.25) is 0 Å². The molecule has 1 aliphatic heterocycles. The van der Waals surface area contributed by atoms with Crippen molar-refractivity contribution in [2.24, 2.45) is 0 Å². The number of likely N-dealkylation sites (tertiary alicyclic amines) is 1. The molecule has 1 saturated heterocycles. The third-order valence-electron chi connectivity index (χ3n) is 6.83. The molecule has 0 radical (unpaired) electrons. The van der Waals surface area contributed by atoms with Crippen LogP contribution >= 0.6 is 0 Å². The fourth-order valence-corrected chi connectivity index (χ4v) is 4.96. The fourth-order valence-electron chi connectivity index (χ4n) is 4.96. The number of aryl methyl sites for hydroxylation is 2. The van der Waals surface area contributed by atoms with Gasteiger partial charge >= 0.3 is 0 Å². The minimum absolute atomic E-state index is 0.0370. The van der Waals surface area contributed by atoms with Crippen LogP contribution in [0.15, 0.2) is 52.2 Å². The first kappa shape index (κ1) is 21.6. The minimum Gasteiger partial charge on any atom is -0.486 e. The Balaban J connectivity index is 1.24. The van der Waals surface area contributed by atoms with Crippen molar-refractivity contribution in [2.75, 3.05) is 13.1 Å². The van der Waals surface area contributed by atoms with Gasteiger partial charge in [-0.1, -0.05) is 13.0 Å². The summed E-state index contributed by atoms with van der Waals surface area (Å²) in [6, 6.07) is 10.8. The van der Waals surface area contributed by atoms with Crippen LogP contribution in [0.2, 0.25) is 0 Å². The predicted octanol–water partition coefficient (Wildman–Crippen LogP) is 2.77. The molecule has 9 heteroatoms. The molecule has 0 atom stereocenters. The van der Waals surface area contributed by atoms with E-state index in [2.05, 4.69) is 4.98 Å². The molecule has 0 N–H and O–H groups in total. The number of aromatic nitrogens is 4. The first-order valence-corrected chi connectivity index (χ1v) is 12.1. The van der Waals surface area contributed by atoms with E-state index in [1.807, 2.05) is 35.1 Å². The first-order valence-electron chi connectivity index (χ1n) is 12.1. The Bertz CT molecular complexity index is 1590. The minimum atomic E-state index is -0.185. The SMILES string of the molecule is CCCn1c(C(=O)N2CC(Oc3cc(C)n(C4CC4)c(=O)c3)C2)cc2c(=O)n3ccccc3nc21. The average molecular weight is 474 g/mol. The van der Waals surface area contributed by atoms with E-state index in [9.17, 15) is 14.4 Å². The smallest absolute Gasteiger partial charge is 0.270 e. The molecule has 2 fully saturated rings. The van der Waals surface area contributed by atoms with Crippen LogP contribution in [0.25, 0.3) is 16.7 Å².